The van der Waals surface area contributed by atoms with Crippen LogP contribution in [0.4, 0.5) is 5.69 Å². The molecular formula is C14H15N3O. The Morgan fingerprint density at radius 2 is 2.06 bits per heavy atom. The molecule has 3 N–H and O–H groups in total. The van der Waals surface area contributed by atoms with E-state index in [-0.39, 0.29) is 11.6 Å². The van der Waals surface area contributed by atoms with Crippen LogP contribution >= 0.6 is 0 Å². The first-order chi connectivity index (χ1) is 8.68. The summed E-state index contributed by atoms with van der Waals surface area (Å²) >= 11 is 0. The van der Waals surface area contributed by atoms with Gasteiger partial charge in [-0.3, -0.25) is 4.79 Å². The highest BCUT2D eigenvalue weighted by Gasteiger charge is 2.10. The summed E-state index contributed by atoms with van der Waals surface area (Å²) in [6.45, 7) is 2.48. The summed E-state index contributed by atoms with van der Waals surface area (Å²) in [6.07, 6.45) is 1.55. The Balaban J connectivity index is 2.06. The van der Waals surface area contributed by atoms with Crippen LogP contribution in [0.5, 0.6) is 0 Å². The third kappa shape index (κ3) is 2.66. The van der Waals surface area contributed by atoms with Crippen LogP contribution in [0.25, 0.3) is 0 Å². The van der Waals surface area contributed by atoms with E-state index < -0.39 is 0 Å². The van der Waals surface area contributed by atoms with Crippen molar-refractivity contribution in [3.63, 3.8) is 0 Å². The van der Waals surface area contributed by atoms with Crippen LogP contribution in [-0.2, 0) is 6.54 Å². The Bertz CT molecular complexity index is 566. The summed E-state index contributed by atoms with van der Waals surface area (Å²) in [7, 11) is 0. The van der Waals surface area contributed by atoms with Gasteiger partial charge in [0.2, 0.25) is 0 Å². The normalized spacial score (nSPS) is 10.1. The monoisotopic (exact) mass is 241 g/mol. The minimum atomic E-state index is -0.253. The van der Waals surface area contributed by atoms with E-state index >= 15 is 0 Å². The third-order valence-electron chi connectivity index (χ3n) is 2.75. The Hall–Kier alpha value is -2.36. The third-order valence-corrected chi connectivity index (χ3v) is 2.75. The van der Waals surface area contributed by atoms with Crippen LogP contribution in [0, 0.1) is 6.92 Å². The SMILES string of the molecule is Cc1ccccc1CNC(=O)c1ncccc1N. The largest absolute Gasteiger partial charge is 0.397 e. The van der Waals surface area contributed by atoms with Crippen LogP contribution < -0.4 is 11.1 Å². The minimum Gasteiger partial charge on any atom is -0.397 e. The summed E-state index contributed by atoms with van der Waals surface area (Å²) in [5.41, 5.74) is 8.58. The summed E-state index contributed by atoms with van der Waals surface area (Å²) in [5.74, 6) is -0.253. The fourth-order valence-corrected chi connectivity index (χ4v) is 1.68. The van der Waals surface area contributed by atoms with Gasteiger partial charge in [0.25, 0.3) is 5.91 Å². The average Bonchev–Trinajstić information content (AvgIpc) is 2.38. The molecule has 0 spiro atoms. The lowest BCUT2D eigenvalue weighted by atomic mass is 10.1. The molecule has 4 nitrogen and oxygen atoms in total. The number of nitrogens with one attached hydrogen (secondary N) is 1. The molecule has 0 aliphatic heterocycles. The van der Waals surface area contributed by atoms with E-state index in [1.54, 1.807) is 18.3 Å². The summed E-state index contributed by atoms with van der Waals surface area (Å²) < 4.78 is 0. The fraction of sp³-hybridized carbons (Fsp3) is 0.143. The van der Waals surface area contributed by atoms with Crippen molar-refractivity contribution in [2.24, 2.45) is 0 Å². The number of hydrogen-bond acceptors (Lipinski definition) is 3. The van der Waals surface area contributed by atoms with Crippen LogP contribution in [0.3, 0.4) is 0 Å². The molecule has 18 heavy (non-hydrogen) atoms. The molecule has 2 rings (SSSR count). The van der Waals surface area contributed by atoms with E-state index in [4.69, 9.17) is 5.73 Å². The van der Waals surface area contributed by atoms with Gasteiger partial charge in [0.05, 0.1) is 5.69 Å². The van der Waals surface area contributed by atoms with E-state index in [2.05, 4.69) is 10.3 Å². The molecule has 0 atom stereocenters. The standard InChI is InChI=1S/C14H15N3O/c1-10-5-2-3-6-11(10)9-17-14(18)13-12(15)7-4-8-16-13/h2-8H,9,15H2,1H3,(H,17,18). The maximum absolute atomic E-state index is 11.9. The van der Waals surface area contributed by atoms with Gasteiger partial charge < -0.3 is 11.1 Å². The molecule has 0 aliphatic rings. The van der Waals surface area contributed by atoms with Crippen molar-refractivity contribution in [3.05, 3.63) is 59.4 Å². The lowest BCUT2D eigenvalue weighted by molar-refractivity contribution is 0.0947. The Morgan fingerprint density at radius 3 is 2.78 bits per heavy atom. The molecule has 0 bridgehead atoms. The van der Waals surface area contributed by atoms with Gasteiger partial charge in [0.15, 0.2) is 5.69 Å². The van der Waals surface area contributed by atoms with Crippen LogP contribution in [0.1, 0.15) is 21.6 Å². The predicted octanol–water partition coefficient (Wildman–Crippen LogP) is 1.90. The number of anilines is 1. The van der Waals surface area contributed by atoms with Crippen molar-refractivity contribution in [2.75, 3.05) is 5.73 Å². The first-order valence-electron chi connectivity index (χ1n) is 5.71. The first kappa shape index (κ1) is 12.1. The molecule has 4 heteroatoms. The number of amides is 1. The van der Waals surface area contributed by atoms with E-state index in [1.807, 2.05) is 31.2 Å². The lowest BCUT2D eigenvalue weighted by Crippen LogP contribution is -2.25. The highest BCUT2D eigenvalue weighted by atomic mass is 16.1. The molecule has 1 amide bonds. The molecule has 2 aromatic rings. The van der Waals surface area contributed by atoms with Crippen LogP contribution in [0.15, 0.2) is 42.6 Å². The zero-order valence-corrected chi connectivity index (χ0v) is 10.2. The topological polar surface area (TPSA) is 68.0 Å². The van der Waals surface area contributed by atoms with Crippen molar-refractivity contribution in [1.82, 2.24) is 10.3 Å². The predicted molar refractivity (Wildman–Crippen MR) is 71.0 cm³/mol. The molecule has 0 saturated carbocycles. The smallest absolute Gasteiger partial charge is 0.272 e. The number of aromatic nitrogens is 1. The number of rotatable bonds is 3. The highest BCUT2D eigenvalue weighted by Crippen LogP contribution is 2.09. The molecule has 0 unspecified atom stereocenters. The second kappa shape index (κ2) is 5.31. The zero-order chi connectivity index (χ0) is 13.0. The van der Waals surface area contributed by atoms with E-state index in [9.17, 15) is 4.79 Å². The van der Waals surface area contributed by atoms with Gasteiger partial charge in [-0.25, -0.2) is 4.98 Å². The summed E-state index contributed by atoms with van der Waals surface area (Å²) in [6, 6.07) is 11.3. The van der Waals surface area contributed by atoms with Gasteiger partial charge in [-0.15, -0.1) is 0 Å². The Kier molecular flexibility index (Phi) is 3.57. The van der Waals surface area contributed by atoms with Gasteiger partial charge >= 0.3 is 0 Å². The minimum absolute atomic E-state index is 0.253. The van der Waals surface area contributed by atoms with Crippen molar-refractivity contribution in [2.45, 2.75) is 13.5 Å². The van der Waals surface area contributed by atoms with Gasteiger partial charge in [0, 0.05) is 12.7 Å². The quantitative estimate of drug-likeness (QED) is 0.862. The number of hydrogen-bond donors (Lipinski definition) is 2. The maximum atomic E-state index is 11.9. The molecule has 1 aromatic carbocycles. The molecule has 1 heterocycles. The van der Waals surface area contributed by atoms with Crippen molar-refractivity contribution in [3.8, 4) is 0 Å². The molecule has 0 aliphatic carbocycles. The van der Waals surface area contributed by atoms with Crippen LogP contribution in [-0.4, -0.2) is 10.9 Å². The van der Waals surface area contributed by atoms with Gasteiger partial charge in [-0.2, -0.15) is 0 Å². The number of carbonyl (C=O) groups excluding carboxylic acids is 1. The van der Waals surface area contributed by atoms with Gasteiger partial charge in [-0.1, -0.05) is 24.3 Å². The molecule has 0 fully saturated rings. The number of aryl methyl sites for hydroxylation is 1. The van der Waals surface area contributed by atoms with E-state index in [0.29, 0.717) is 12.2 Å². The molecule has 0 saturated heterocycles. The molecule has 0 radical (unpaired) electrons. The van der Waals surface area contributed by atoms with Crippen LogP contribution in [0.2, 0.25) is 0 Å². The lowest BCUT2D eigenvalue weighted by Gasteiger charge is -2.08. The Morgan fingerprint density at radius 1 is 1.28 bits per heavy atom. The number of carbonyl (C=O) groups is 1. The molecular weight excluding hydrogens is 226 g/mol. The second-order valence-electron chi connectivity index (χ2n) is 4.05. The molecule has 1 aromatic heterocycles. The number of nitrogens with two attached hydrogens (primary N) is 1. The number of benzene rings is 1. The van der Waals surface area contributed by atoms with Gasteiger partial charge in [-0.05, 0) is 30.2 Å². The first-order valence-corrected chi connectivity index (χ1v) is 5.71. The number of nitrogens with zero attached hydrogens (tertiary/aromatic N) is 1. The zero-order valence-electron chi connectivity index (χ0n) is 10.2. The van der Waals surface area contributed by atoms with E-state index in [1.165, 1.54) is 0 Å². The Labute approximate surface area is 106 Å². The highest BCUT2D eigenvalue weighted by molar-refractivity contribution is 5.96. The fourth-order valence-electron chi connectivity index (χ4n) is 1.68. The molecule has 92 valence electrons. The summed E-state index contributed by atoms with van der Waals surface area (Å²) in [5, 5.41) is 2.82. The van der Waals surface area contributed by atoms with Crippen molar-refractivity contribution < 1.29 is 4.79 Å². The van der Waals surface area contributed by atoms with Gasteiger partial charge in [0.1, 0.15) is 0 Å². The number of pyridine rings is 1. The van der Waals surface area contributed by atoms with Crippen molar-refractivity contribution in [1.29, 1.82) is 0 Å². The number of nitrogen functional groups attached to an aromatic ring is 1. The second-order valence-corrected chi connectivity index (χ2v) is 4.05. The van der Waals surface area contributed by atoms with Crippen molar-refractivity contribution >= 4 is 11.6 Å². The maximum Gasteiger partial charge on any atom is 0.272 e. The average molecular weight is 241 g/mol. The van der Waals surface area contributed by atoms with E-state index in [0.717, 1.165) is 11.1 Å². The summed E-state index contributed by atoms with van der Waals surface area (Å²) in [4.78, 5) is 15.9.